The molecule has 0 fully saturated rings. The highest BCUT2D eigenvalue weighted by Crippen LogP contribution is 2.65. The van der Waals surface area contributed by atoms with Gasteiger partial charge in [-0.05, 0) is 138 Å². The Hall–Kier alpha value is -9.70. The van der Waals surface area contributed by atoms with Gasteiger partial charge in [0.2, 0.25) is 0 Å². The lowest BCUT2D eigenvalue weighted by molar-refractivity contribution is 0.436. The summed E-state index contributed by atoms with van der Waals surface area (Å²) < 4.78 is 13.4. The summed E-state index contributed by atoms with van der Waals surface area (Å²) >= 11 is 0. The highest BCUT2D eigenvalue weighted by Gasteiger charge is 2.53. The molecule has 2 aliphatic heterocycles. The van der Waals surface area contributed by atoms with Crippen LogP contribution in [0.4, 0.5) is 17.1 Å². The van der Waals surface area contributed by atoms with Gasteiger partial charge in [-0.2, -0.15) is 0 Å². The average molecular weight is 956 g/mol. The van der Waals surface area contributed by atoms with Gasteiger partial charge in [0.15, 0.2) is 0 Å². The minimum atomic E-state index is -0.608. The van der Waals surface area contributed by atoms with Gasteiger partial charge in [0, 0.05) is 39.3 Å². The van der Waals surface area contributed by atoms with E-state index in [0.29, 0.717) is 0 Å². The Balaban J connectivity index is 0.899. The van der Waals surface area contributed by atoms with Crippen LogP contribution in [0.3, 0.4) is 0 Å². The van der Waals surface area contributed by atoms with Crippen molar-refractivity contribution in [1.29, 1.82) is 0 Å². The number of anilines is 3. The Morgan fingerprint density at radius 3 is 1.23 bits per heavy atom. The predicted octanol–water partition coefficient (Wildman–Crippen LogP) is 18.6. The average Bonchev–Trinajstić information content (AvgIpc) is 4.13. The van der Waals surface area contributed by atoms with Gasteiger partial charge >= 0.3 is 0 Å². The molecule has 350 valence electrons. The van der Waals surface area contributed by atoms with Crippen molar-refractivity contribution in [3.63, 3.8) is 0 Å². The fourth-order valence-corrected chi connectivity index (χ4v) is 13.5. The highest BCUT2D eigenvalue weighted by atomic mass is 16.5. The standard InChI is InChI=1S/C72H45NO2/c1-2-16-46(17-3-1)47-30-32-48(33-31-47)49-34-37-51(38-35-49)73(53-40-42-56-55-18-4-6-20-58(55)72(65(56)45-53)62-24-10-14-28-68(62)75-69-29-15-11-25-63(69)72)52-39-41-54-50(44-52)36-43-64-70(54)57-19-5-7-21-59(57)71(64)60-22-8-12-26-66(60)74-67-27-13-9-23-61(67)71/h1-45H. The molecule has 0 amide bonds. The number of benzene rings is 12. The van der Waals surface area contributed by atoms with Crippen LogP contribution in [-0.4, -0.2) is 0 Å². The van der Waals surface area contributed by atoms with Gasteiger partial charge in [-0.25, -0.2) is 0 Å². The number of hydrogen-bond acceptors (Lipinski definition) is 3. The normalized spacial score (nSPS) is 14.0. The molecule has 75 heavy (non-hydrogen) atoms. The Labute approximate surface area is 435 Å². The maximum atomic E-state index is 6.74. The van der Waals surface area contributed by atoms with Crippen molar-refractivity contribution < 1.29 is 9.47 Å². The summed E-state index contributed by atoms with van der Waals surface area (Å²) in [6.07, 6.45) is 0. The minimum absolute atomic E-state index is 0.542. The van der Waals surface area contributed by atoms with E-state index in [4.69, 9.17) is 9.47 Å². The molecule has 2 aliphatic carbocycles. The van der Waals surface area contributed by atoms with E-state index in [1.807, 2.05) is 0 Å². The Morgan fingerprint density at radius 2 is 0.653 bits per heavy atom. The molecule has 0 unspecified atom stereocenters. The fraction of sp³-hybridized carbons (Fsp3) is 0.0278. The van der Waals surface area contributed by atoms with Crippen LogP contribution in [-0.2, 0) is 10.8 Å². The monoisotopic (exact) mass is 955 g/mol. The van der Waals surface area contributed by atoms with Crippen LogP contribution in [0.5, 0.6) is 23.0 Å². The SMILES string of the molecule is c1ccc(-c2ccc(-c3ccc(N(c4ccc5c(c4)C4(c6ccccc6Oc6ccccc64)c4ccccc4-5)c4ccc5c6c(ccc5c4)C4(c5ccccc5Oc5ccccc54)c4ccccc4-6)cc3)cc2)cc1. The topological polar surface area (TPSA) is 21.7 Å². The molecule has 3 nitrogen and oxygen atoms in total. The number of hydrogen-bond donors (Lipinski definition) is 0. The first-order valence-corrected chi connectivity index (χ1v) is 25.9. The van der Waals surface area contributed by atoms with E-state index in [9.17, 15) is 0 Å². The van der Waals surface area contributed by atoms with Crippen molar-refractivity contribution in [3.8, 4) is 67.5 Å². The number of para-hydroxylation sites is 4. The number of ether oxygens (including phenoxy) is 2. The number of rotatable bonds is 5. The maximum Gasteiger partial charge on any atom is 0.132 e. The van der Waals surface area contributed by atoms with E-state index in [-0.39, 0.29) is 0 Å². The molecule has 2 heterocycles. The molecule has 12 aromatic carbocycles. The second-order valence-electron chi connectivity index (χ2n) is 20.2. The van der Waals surface area contributed by atoms with Gasteiger partial charge in [-0.3, -0.25) is 0 Å². The molecule has 0 saturated heterocycles. The van der Waals surface area contributed by atoms with Gasteiger partial charge < -0.3 is 14.4 Å². The van der Waals surface area contributed by atoms with Crippen molar-refractivity contribution in [2.24, 2.45) is 0 Å². The minimum Gasteiger partial charge on any atom is -0.457 e. The number of fused-ring (bicyclic) bond motifs is 20. The highest BCUT2D eigenvalue weighted by molar-refractivity contribution is 6.06. The molecule has 12 aromatic rings. The van der Waals surface area contributed by atoms with E-state index in [2.05, 4.69) is 278 Å². The van der Waals surface area contributed by atoms with Gasteiger partial charge in [-0.15, -0.1) is 0 Å². The third kappa shape index (κ3) is 5.81. The summed E-state index contributed by atoms with van der Waals surface area (Å²) in [4.78, 5) is 2.45. The van der Waals surface area contributed by atoms with Crippen LogP contribution < -0.4 is 14.4 Å². The summed E-state index contributed by atoms with van der Waals surface area (Å²) in [5, 5.41) is 2.39. The third-order valence-corrected chi connectivity index (χ3v) is 16.6. The molecular weight excluding hydrogens is 911 g/mol. The van der Waals surface area contributed by atoms with Gasteiger partial charge in [0.25, 0.3) is 0 Å². The summed E-state index contributed by atoms with van der Waals surface area (Å²) in [6, 6.07) is 99.9. The van der Waals surface area contributed by atoms with E-state index in [1.165, 1.54) is 83.1 Å². The van der Waals surface area contributed by atoms with Crippen LogP contribution in [0.1, 0.15) is 44.5 Å². The van der Waals surface area contributed by atoms with E-state index in [1.54, 1.807) is 0 Å². The Kier molecular flexibility index (Phi) is 8.88. The summed E-state index contributed by atoms with van der Waals surface area (Å²) in [7, 11) is 0. The van der Waals surface area contributed by atoms with Crippen LogP contribution in [0.2, 0.25) is 0 Å². The van der Waals surface area contributed by atoms with Crippen molar-refractivity contribution in [3.05, 3.63) is 317 Å². The quantitative estimate of drug-likeness (QED) is 0.172. The molecule has 2 spiro atoms. The van der Waals surface area contributed by atoms with Gasteiger partial charge in [0.05, 0.1) is 10.8 Å². The van der Waals surface area contributed by atoms with Crippen LogP contribution >= 0.6 is 0 Å². The maximum absolute atomic E-state index is 6.74. The lowest BCUT2D eigenvalue weighted by Gasteiger charge is -2.39. The van der Waals surface area contributed by atoms with E-state index >= 15 is 0 Å². The van der Waals surface area contributed by atoms with Crippen molar-refractivity contribution in [2.45, 2.75) is 10.8 Å². The lowest BCUT2D eigenvalue weighted by Crippen LogP contribution is -2.32. The fourth-order valence-electron chi connectivity index (χ4n) is 13.5. The first-order chi connectivity index (χ1) is 37.2. The number of nitrogens with zero attached hydrogens (tertiary/aromatic N) is 1. The molecule has 0 aromatic heterocycles. The third-order valence-electron chi connectivity index (χ3n) is 16.6. The molecule has 0 saturated carbocycles. The zero-order chi connectivity index (χ0) is 49.2. The first kappa shape index (κ1) is 41.9. The zero-order valence-electron chi connectivity index (χ0n) is 40.7. The second kappa shape index (κ2) is 15.9. The van der Waals surface area contributed by atoms with Gasteiger partial charge in [0.1, 0.15) is 23.0 Å². The summed E-state index contributed by atoms with van der Waals surface area (Å²) in [6.45, 7) is 0. The van der Waals surface area contributed by atoms with Crippen molar-refractivity contribution in [2.75, 3.05) is 4.90 Å². The molecule has 0 N–H and O–H groups in total. The Morgan fingerprint density at radius 1 is 0.253 bits per heavy atom. The molecule has 3 heteroatoms. The largest absolute Gasteiger partial charge is 0.457 e. The van der Waals surface area contributed by atoms with E-state index in [0.717, 1.165) is 56.8 Å². The zero-order valence-corrected chi connectivity index (χ0v) is 40.7. The molecule has 4 aliphatic rings. The van der Waals surface area contributed by atoms with E-state index < -0.39 is 10.8 Å². The summed E-state index contributed by atoms with van der Waals surface area (Å²) in [5.74, 6) is 3.55. The molecule has 0 bridgehead atoms. The second-order valence-corrected chi connectivity index (χ2v) is 20.2. The lowest BCUT2D eigenvalue weighted by atomic mass is 9.66. The van der Waals surface area contributed by atoms with Crippen molar-refractivity contribution in [1.82, 2.24) is 0 Å². The van der Waals surface area contributed by atoms with Crippen molar-refractivity contribution >= 4 is 27.8 Å². The summed E-state index contributed by atoms with van der Waals surface area (Å²) in [5.41, 5.74) is 21.5. The Bertz CT molecular complexity index is 4220. The van der Waals surface area contributed by atoms with Gasteiger partial charge in [-0.1, -0.05) is 212 Å². The molecule has 16 rings (SSSR count). The predicted molar refractivity (Wildman–Crippen MR) is 304 cm³/mol. The molecule has 0 radical (unpaired) electrons. The van der Waals surface area contributed by atoms with Crippen LogP contribution in [0.15, 0.2) is 273 Å². The van der Waals surface area contributed by atoms with Crippen LogP contribution in [0, 0.1) is 0 Å². The molecule has 0 atom stereocenters. The first-order valence-electron chi connectivity index (χ1n) is 25.9. The molecular formula is C72H45NO2. The smallest absolute Gasteiger partial charge is 0.132 e. The van der Waals surface area contributed by atoms with Crippen LogP contribution in [0.25, 0.3) is 55.3 Å².